The first-order valence-corrected chi connectivity index (χ1v) is 8.60. The van der Waals surface area contributed by atoms with Gasteiger partial charge in [-0.05, 0) is 30.4 Å². The Morgan fingerprint density at radius 1 is 1.29 bits per heavy atom. The number of hydrogen-bond donors (Lipinski definition) is 0. The van der Waals surface area contributed by atoms with E-state index in [1.165, 1.54) is 24.5 Å². The number of alkyl halides is 2. The average molecular weight is 406 g/mol. The standard InChI is InChI=1S/C18H12F2N2O5S/c1-26-14-8-10(12(22(24)25)9-15(14)27-18(19)20)6-7-13(23)17-21-11-4-2-3-5-16(11)28-17/h2-9,18H,1H3. The van der Waals surface area contributed by atoms with Crippen molar-refractivity contribution < 1.29 is 28.0 Å². The molecule has 0 atom stereocenters. The molecule has 0 saturated heterocycles. The highest BCUT2D eigenvalue weighted by Gasteiger charge is 2.21. The van der Waals surface area contributed by atoms with Gasteiger partial charge in [0, 0.05) is 0 Å². The summed E-state index contributed by atoms with van der Waals surface area (Å²) in [5.41, 5.74) is 0.160. The fourth-order valence-corrected chi connectivity index (χ4v) is 3.30. The van der Waals surface area contributed by atoms with E-state index in [0.717, 1.165) is 22.9 Å². The summed E-state index contributed by atoms with van der Waals surface area (Å²) in [5.74, 6) is -1.04. The van der Waals surface area contributed by atoms with E-state index in [0.29, 0.717) is 5.52 Å². The molecule has 0 unspecified atom stereocenters. The van der Waals surface area contributed by atoms with E-state index in [-0.39, 0.29) is 16.3 Å². The molecule has 0 spiro atoms. The SMILES string of the molecule is COc1cc(C=CC(=O)c2nc3ccccc3s2)c([N+](=O)[O-])cc1OC(F)F. The molecule has 1 aromatic heterocycles. The summed E-state index contributed by atoms with van der Waals surface area (Å²) >= 11 is 1.19. The van der Waals surface area contributed by atoms with Crippen molar-refractivity contribution in [3.63, 3.8) is 0 Å². The predicted octanol–water partition coefficient (Wildman–Crippen LogP) is 4.71. The molecule has 0 aliphatic carbocycles. The van der Waals surface area contributed by atoms with Gasteiger partial charge in [0.1, 0.15) is 0 Å². The molecule has 0 aliphatic heterocycles. The Bertz CT molecular complexity index is 1050. The first-order chi connectivity index (χ1) is 13.4. The zero-order valence-corrected chi connectivity index (χ0v) is 15.1. The summed E-state index contributed by atoms with van der Waals surface area (Å²) in [6, 6.07) is 9.19. The maximum absolute atomic E-state index is 12.5. The molecule has 0 amide bonds. The van der Waals surface area contributed by atoms with E-state index in [2.05, 4.69) is 9.72 Å². The first-order valence-electron chi connectivity index (χ1n) is 7.78. The zero-order chi connectivity index (χ0) is 20.3. The van der Waals surface area contributed by atoms with Gasteiger partial charge in [-0.3, -0.25) is 14.9 Å². The van der Waals surface area contributed by atoms with Gasteiger partial charge in [0.2, 0.25) is 5.78 Å². The normalized spacial score (nSPS) is 11.3. The molecule has 0 radical (unpaired) electrons. The summed E-state index contributed by atoms with van der Waals surface area (Å²) in [6.45, 7) is -3.17. The van der Waals surface area contributed by atoms with Gasteiger partial charge in [-0.1, -0.05) is 12.1 Å². The molecule has 10 heteroatoms. The summed E-state index contributed by atoms with van der Waals surface area (Å²) < 4.78 is 35.0. The fourth-order valence-electron chi connectivity index (χ4n) is 2.42. The van der Waals surface area contributed by atoms with Crippen molar-refractivity contribution in [1.82, 2.24) is 4.98 Å². The number of nitro benzene ring substituents is 1. The van der Waals surface area contributed by atoms with Crippen LogP contribution in [-0.4, -0.2) is 29.4 Å². The lowest BCUT2D eigenvalue weighted by molar-refractivity contribution is -0.385. The lowest BCUT2D eigenvalue weighted by atomic mass is 10.1. The van der Waals surface area contributed by atoms with Crippen molar-refractivity contribution in [2.24, 2.45) is 0 Å². The Labute approximate surface area is 161 Å². The molecule has 0 bridgehead atoms. The Kier molecular flexibility index (Phi) is 5.59. The smallest absolute Gasteiger partial charge is 0.387 e. The Morgan fingerprint density at radius 3 is 2.68 bits per heavy atom. The van der Waals surface area contributed by atoms with Crippen LogP contribution in [0.25, 0.3) is 16.3 Å². The highest BCUT2D eigenvalue weighted by molar-refractivity contribution is 7.20. The van der Waals surface area contributed by atoms with Crippen LogP contribution in [0.15, 0.2) is 42.5 Å². The second-order valence-electron chi connectivity index (χ2n) is 5.38. The molecule has 144 valence electrons. The summed E-state index contributed by atoms with van der Waals surface area (Å²) in [4.78, 5) is 27.1. The molecule has 1 heterocycles. The van der Waals surface area contributed by atoms with Crippen LogP contribution >= 0.6 is 11.3 Å². The molecule has 3 aromatic rings. The van der Waals surface area contributed by atoms with Crippen molar-refractivity contribution in [3.8, 4) is 11.5 Å². The number of ether oxygens (including phenoxy) is 2. The number of methoxy groups -OCH3 is 1. The second kappa shape index (κ2) is 8.09. The minimum Gasteiger partial charge on any atom is -0.493 e. The van der Waals surface area contributed by atoms with E-state index in [9.17, 15) is 23.7 Å². The quantitative estimate of drug-likeness (QED) is 0.244. The van der Waals surface area contributed by atoms with Gasteiger partial charge in [-0.2, -0.15) is 8.78 Å². The molecule has 0 N–H and O–H groups in total. The van der Waals surface area contributed by atoms with Gasteiger partial charge < -0.3 is 9.47 Å². The van der Waals surface area contributed by atoms with E-state index in [1.54, 1.807) is 12.1 Å². The second-order valence-corrected chi connectivity index (χ2v) is 6.41. The molecule has 0 fully saturated rings. The number of para-hydroxylation sites is 1. The van der Waals surface area contributed by atoms with Crippen LogP contribution in [0, 0.1) is 10.1 Å². The number of ketones is 1. The molecular weight excluding hydrogens is 394 g/mol. The number of nitrogens with zero attached hydrogens (tertiary/aromatic N) is 2. The van der Waals surface area contributed by atoms with Crippen LogP contribution < -0.4 is 9.47 Å². The molecule has 7 nitrogen and oxygen atoms in total. The number of nitro groups is 1. The van der Waals surface area contributed by atoms with Crippen molar-refractivity contribution >= 4 is 39.1 Å². The number of carbonyl (C=O) groups excluding carboxylic acids is 1. The van der Waals surface area contributed by atoms with E-state index < -0.39 is 28.8 Å². The van der Waals surface area contributed by atoms with E-state index >= 15 is 0 Å². The highest BCUT2D eigenvalue weighted by Crippen LogP contribution is 2.36. The van der Waals surface area contributed by atoms with Crippen LogP contribution in [0.3, 0.4) is 0 Å². The Hall–Kier alpha value is -3.40. The monoisotopic (exact) mass is 406 g/mol. The maximum atomic E-state index is 12.5. The molecule has 3 rings (SSSR count). The molecular formula is C18H12F2N2O5S. The first kappa shape index (κ1) is 19.4. The minimum absolute atomic E-state index is 0.00192. The average Bonchev–Trinajstić information content (AvgIpc) is 3.10. The summed E-state index contributed by atoms with van der Waals surface area (Å²) in [5, 5.41) is 11.5. The van der Waals surface area contributed by atoms with Gasteiger partial charge in [-0.15, -0.1) is 11.3 Å². The lowest BCUT2D eigenvalue weighted by Gasteiger charge is -2.10. The van der Waals surface area contributed by atoms with E-state index in [4.69, 9.17) is 4.74 Å². The zero-order valence-electron chi connectivity index (χ0n) is 14.3. The van der Waals surface area contributed by atoms with Crippen LogP contribution in [0.1, 0.15) is 15.4 Å². The van der Waals surface area contributed by atoms with Crippen molar-refractivity contribution in [1.29, 1.82) is 0 Å². The number of carbonyl (C=O) groups is 1. The van der Waals surface area contributed by atoms with Gasteiger partial charge >= 0.3 is 6.61 Å². The molecule has 0 saturated carbocycles. The minimum atomic E-state index is -3.17. The third kappa shape index (κ3) is 4.12. The van der Waals surface area contributed by atoms with Gasteiger partial charge in [0.05, 0.1) is 33.9 Å². The van der Waals surface area contributed by atoms with Crippen molar-refractivity contribution in [2.45, 2.75) is 6.61 Å². The Morgan fingerprint density at radius 2 is 2.04 bits per heavy atom. The van der Waals surface area contributed by atoms with Crippen LogP contribution in [0.2, 0.25) is 0 Å². The molecule has 2 aromatic carbocycles. The summed E-state index contributed by atoms with van der Waals surface area (Å²) in [6.07, 6.45) is 2.34. The number of halogens is 2. The number of thiazole rings is 1. The fraction of sp³-hybridized carbons (Fsp3) is 0.111. The van der Waals surface area contributed by atoms with Crippen LogP contribution in [-0.2, 0) is 0 Å². The highest BCUT2D eigenvalue weighted by atomic mass is 32.1. The Balaban J connectivity index is 1.95. The topological polar surface area (TPSA) is 91.6 Å². The van der Waals surface area contributed by atoms with Gasteiger partial charge in [0.25, 0.3) is 5.69 Å². The number of benzene rings is 2. The third-order valence-electron chi connectivity index (χ3n) is 3.64. The number of rotatable bonds is 7. The predicted molar refractivity (Wildman–Crippen MR) is 99.3 cm³/mol. The van der Waals surface area contributed by atoms with Gasteiger partial charge in [0.15, 0.2) is 16.5 Å². The number of allylic oxidation sites excluding steroid dienone is 1. The number of hydrogen-bond acceptors (Lipinski definition) is 7. The lowest BCUT2D eigenvalue weighted by Crippen LogP contribution is -2.05. The third-order valence-corrected chi connectivity index (χ3v) is 4.70. The number of aromatic nitrogens is 1. The molecule has 28 heavy (non-hydrogen) atoms. The van der Waals surface area contributed by atoms with Crippen LogP contribution in [0.4, 0.5) is 14.5 Å². The molecule has 0 aliphatic rings. The largest absolute Gasteiger partial charge is 0.493 e. The van der Waals surface area contributed by atoms with Gasteiger partial charge in [-0.25, -0.2) is 4.98 Å². The summed E-state index contributed by atoms with van der Waals surface area (Å²) in [7, 11) is 1.21. The maximum Gasteiger partial charge on any atom is 0.387 e. The van der Waals surface area contributed by atoms with E-state index in [1.807, 2.05) is 12.1 Å². The number of fused-ring (bicyclic) bond motifs is 1. The van der Waals surface area contributed by atoms with Crippen molar-refractivity contribution in [3.05, 3.63) is 63.2 Å². The van der Waals surface area contributed by atoms with Crippen molar-refractivity contribution in [2.75, 3.05) is 7.11 Å². The van der Waals surface area contributed by atoms with Crippen LogP contribution in [0.5, 0.6) is 11.5 Å².